The van der Waals surface area contributed by atoms with Crippen LogP contribution in [0, 0.1) is 0 Å². The Bertz CT molecular complexity index is 659. The van der Waals surface area contributed by atoms with Crippen molar-refractivity contribution in [2.45, 2.75) is 38.5 Å². The first-order valence-corrected chi connectivity index (χ1v) is 8.27. The minimum atomic E-state index is -0.0633. The Morgan fingerprint density at radius 1 is 1.54 bits per heavy atom. The highest BCUT2D eigenvalue weighted by Crippen LogP contribution is 2.22. The van der Waals surface area contributed by atoms with Gasteiger partial charge in [-0.25, -0.2) is 0 Å². The number of aromatic nitrogens is 4. The van der Waals surface area contributed by atoms with Gasteiger partial charge in [-0.05, 0) is 31.5 Å². The number of rotatable bonds is 7. The Labute approximate surface area is 141 Å². The summed E-state index contributed by atoms with van der Waals surface area (Å²) in [6.07, 6.45) is 4.06. The number of nitrogens with zero attached hydrogens (tertiary/aromatic N) is 3. The summed E-state index contributed by atoms with van der Waals surface area (Å²) >= 11 is 0. The van der Waals surface area contributed by atoms with Crippen molar-refractivity contribution in [3.63, 3.8) is 0 Å². The fourth-order valence-electron chi connectivity index (χ4n) is 3.03. The highest BCUT2D eigenvalue weighted by Gasteiger charge is 2.19. The number of nitrogens with one attached hydrogen (secondary N) is 3. The number of ether oxygens (including phenoxy) is 1. The standard InChI is InChI=1S/C16H24N6O2/c1-24-11-14-7-13(20-21-14)9-18-16(23)10-22-15(4-6-19-22)12-3-2-5-17-8-12/h4,6-7,12,17H,2-3,5,8-11H2,1H3,(H,18,23)(H,20,21)/t12-/m0/s1. The molecule has 8 nitrogen and oxygen atoms in total. The van der Waals surface area contributed by atoms with E-state index in [9.17, 15) is 4.79 Å². The molecule has 1 aliphatic rings. The van der Waals surface area contributed by atoms with Crippen LogP contribution in [0.4, 0.5) is 0 Å². The lowest BCUT2D eigenvalue weighted by atomic mass is 9.96. The van der Waals surface area contributed by atoms with Crippen molar-refractivity contribution >= 4 is 5.91 Å². The monoisotopic (exact) mass is 332 g/mol. The van der Waals surface area contributed by atoms with Crippen molar-refractivity contribution in [3.8, 4) is 0 Å². The van der Waals surface area contributed by atoms with Gasteiger partial charge < -0.3 is 15.4 Å². The Balaban J connectivity index is 1.52. The highest BCUT2D eigenvalue weighted by molar-refractivity contribution is 5.75. The summed E-state index contributed by atoms with van der Waals surface area (Å²) < 4.78 is 6.82. The zero-order chi connectivity index (χ0) is 16.8. The van der Waals surface area contributed by atoms with Gasteiger partial charge >= 0.3 is 0 Å². The summed E-state index contributed by atoms with van der Waals surface area (Å²) in [5.41, 5.74) is 2.80. The van der Waals surface area contributed by atoms with E-state index in [1.165, 1.54) is 0 Å². The molecule has 130 valence electrons. The summed E-state index contributed by atoms with van der Waals surface area (Å²) in [6.45, 7) is 3.12. The number of amides is 1. The first-order chi connectivity index (χ1) is 11.8. The van der Waals surface area contributed by atoms with Crippen LogP contribution in [-0.4, -0.2) is 46.1 Å². The first kappa shape index (κ1) is 16.7. The summed E-state index contributed by atoms with van der Waals surface area (Å²) in [5, 5.41) is 17.6. The summed E-state index contributed by atoms with van der Waals surface area (Å²) in [7, 11) is 1.62. The normalized spacial score (nSPS) is 17.8. The molecule has 0 saturated carbocycles. The molecule has 3 rings (SSSR count). The van der Waals surface area contributed by atoms with Gasteiger partial charge in [-0.15, -0.1) is 0 Å². The quantitative estimate of drug-likeness (QED) is 0.687. The van der Waals surface area contributed by atoms with Gasteiger partial charge in [0.25, 0.3) is 0 Å². The fraction of sp³-hybridized carbons (Fsp3) is 0.562. The Kier molecular flexibility index (Phi) is 5.60. The van der Waals surface area contributed by atoms with Gasteiger partial charge in [0.2, 0.25) is 5.91 Å². The predicted octanol–water partition coefficient (Wildman–Crippen LogP) is 0.536. The molecule has 1 saturated heterocycles. The number of aromatic amines is 1. The lowest BCUT2D eigenvalue weighted by Crippen LogP contribution is -2.32. The van der Waals surface area contributed by atoms with Crippen LogP contribution in [-0.2, 0) is 29.2 Å². The van der Waals surface area contributed by atoms with Gasteiger partial charge in [0.1, 0.15) is 6.54 Å². The minimum Gasteiger partial charge on any atom is -0.378 e. The van der Waals surface area contributed by atoms with E-state index in [1.54, 1.807) is 18.0 Å². The van der Waals surface area contributed by atoms with Crippen molar-refractivity contribution in [2.75, 3.05) is 20.2 Å². The fourth-order valence-corrected chi connectivity index (χ4v) is 3.03. The molecule has 0 aliphatic carbocycles. The van der Waals surface area contributed by atoms with Crippen molar-refractivity contribution < 1.29 is 9.53 Å². The maximum absolute atomic E-state index is 12.2. The van der Waals surface area contributed by atoms with Crippen molar-refractivity contribution in [1.29, 1.82) is 0 Å². The third kappa shape index (κ3) is 4.21. The Morgan fingerprint density at radius 2 is 2.46 bits per heavy atom. The maximum atomic E-state index is 12.2. The molecular weight excluding hydrogens is 308 g/mol. The number of carbonyl (C=O) groups excluding carboxylic acids is 1. The average molecular weight is 332 g/mol. The molecule has 8 heteroatoms. The van der Waals surface area contributed by atoms with Crippen molar-refractivity contribution in [1.82, 2.24) is 30.6 Å². The van der Waals surface area contributed by atoms with E-state index in [-0.39, 0.29) is 12.5 Å². The van der Waals surface area contributed by atoms with E-state index in [2.05, 4.69) is 25.9 Å². The molecule has 0 bridgehead atoms. The molecular formula is C16H24N6O2. The zero-order valence-electron chi connectivity index (χ0n) is 13.9. The van der Waals surface area contributed by atoms with Crippen LogP contribution < -0.4 is 10.6 Å². The van der Waals surface area contributed by atoms with E-state index in [0.717, 1.165) is 43.0 Å². The molecule has 0 aromatic carbocycles. The predicted molar refractivity (Wildman–Crippen MR) is 88.2 cm³/mol. The van der Waals surface area contributed by atoms with Gasteiger partial charge in [0, 0.05) is 31.5 Å². The molecule has 0 radical (unpaired) electrons. The molecule has 0 unspecified atom stereocenters. The minimum absolute atomic E-state index is 0.0633. The Hall–Kier alpha value is -2.19. The lowest BCUT2D eigenvalue weighted by Gasteiger charge is -2.23. The number of H-pyrrole nitrogens is 1. The van der Waals surface area contributed by atoms with Crippen LogP contribution in [0.3, 0.4) is 0 Å². The number of piperidine rings is 1. The molecule has 1 aliphatic heterocycles. The zero-order valence-corrected chi connectivity index (χ0v) is 13.9. The van der Waals surface area contributed by atoms with Crippen molar-refractivity contribution in [2.24, 2.45) is 0 Å². The Morgan fingerprint density at radius 3 is 3.25 bits per heavy atom. The molecule has 2 aromatic rings. The number of carbonyl (C=O) groups is 1. The van der Waals surface area contributed by atoms with Gasteiger partial charge in [-0.1, -0.05) is 0 Å². The smallest absolute Gasteiger partial charge is 0.242 e. The molecule has 0 spiro atoms. The number of hydrogen-bond acceptors (Lipinski definition) is 5. The van der Waals surface area contributed by atoms with Crippen molar-refractivity contribution in [3.05, 3.63) is 35.4 Å². The molecule has 2 aromatic heterocycles. The third-order valence-electron chi connectivity index (χ3n) is 4.21. The van der Waals surface area contributed by atoms with Gasteiger partial charge in [-0.2, -0.15) is 10.2 Å². The van der Waals surface area contributed by atoms with E-state index in [0.29, 0.717) is 19.1 Å². The average Bonchev–Trinajstić information content (AvgIpc) is 3.24. The van der Waals surface area contributed by atoms with E-state index < -0.39 is 0 Å². The molecule has 1 amide bonds. The first-order valence-electron chi connectivity index (χ1n) is 8.27. The summed E-state index contributed by atoms with van der Waals surface area (Å²) in [5.74, 6) is 0.366. The van der Waals surface area contributed by atoms with Crippen LogP contribution in [0.1, 0.15) is 35.8 Å². The summed E-state index contributed by atoms with van der Waals surface area (Å²) in [4.78, 5) is 12.2. The SMILES string of the molecule is COCc1cc(CNC(=O)Cn2nccc2[C@H]2CCCNC2)[nH]n1. The largest absolute Gasteiger partial charge is 0.378 e. The van der Waals surface area contributed by atoms with E-state index >= 15 is 0 Å². The second-order valence-electron chi connectivity index (χ2n) is 6.05. The topological polar surface area (TPSA) is 96.9 Å². The second kappa shape index (κ2) is 8.07. The molecule has 3 heterocycles. The lowest BCUT2D eigenvalue weighted by molar-refractivity contribution is -0.122. The van der Waals surface area contributed by atoms with Crippen LogP contribution in [0.5, 0.6) is 0 Å². The molecule has 24 heavy (non-hydrogen) atoms. The van der Waals surface area contributed by atoms with Gasteiger partial charge in [-0.3, -0.25) is 14.6 Å². The van der Waals surface area contributed by atoms with Crippen LogP contribution in [0.15, 0.2) is 18.3 Å². The van der Waals surface area contributed by atoms with Crippen LogP contribution >= 0.6 is 0 Å². The van der Waals surface area contributed by atoms with Crippen LogP contribution in [0.2, 0.25) is 0 Å². The molecule has 1 atom stereocenters. The molecule has 1 fully saturated rings. The maximum Gasteiger partial charge on any atom is 0.242 e. The summed E-state index contributed by atoms with van der Waals surface area (Å²) in [6, 6.07) is 3.90. The number of methoxy groups -OCH3 is 1. The third-order valence-corrected chi connectivity index (χ3v) is 4.21. The van der Waals surface area contributed by atoms with E-state index in [1.807, 2.05) is 12.1 Å². The molecule has 3 N–H and O–H groups in total. The van der Waals surface area contributed by atoms with Gasteiger partial charge in [0.15, 0.2) is 0 Å². The second-order valence-corrected chi connectivity index (χ2v) is 6.05. The highest BCUT2D eigenvalue weighted by atomic mass is 16.5. The van der Waals surface area contributed by atoms with Crippen LogP contribution in [0.25, 0.3) is 0 Å². The number of hydrogen-bond donors (Lipinski definition) is 3. The van der Waals surface area contributed by atoms with Gasteiger partial charge in [0.05, 0.1) is 24.5 Å². The van der Waals surface area contributed by atoms with E-state index in [4.69, 9.17) is 4.74 Å².